The number of hydrogen-bond donors (Lipinski definition) is 1. The summed E-state index contributed by atoms with van der Waals surface area (Å²) in [5, 5.41) is 20.3. The monoisotopic (exact) mass is 291 g/mol. The van der Waals surface area contributed by atoms with Crippen molar-refractivity contribution in [1.82, 2.24) is 0 Å². The number of rotatable bonds is 5. The lowest BCUT2D eigenvalue weighted by atomic mass is 10.1. The zero-order valence-corrected chi connectivity index (χ0v) is 11.3. The molecule has 110 valence electrons. The molecule has 2 rings (SSSR count). The molecule has 0 spiro atoms. The zero-order valence-electron chi connectivity index (χ0n) is 11.3. The highest BCUT2D eigenvalue weighted by Gasteiger charge is 2.18. The van der Waals surface area contributed by atoms with Gasteiger partial charge in [0.25, 0.3) is 0 Å². The molecule has 0 fully saturated rings. The fourth-order valence-corrected chi connectivity index (χ4v) is 1.93. The number of aliphatic hydroxyl groups excluding tert-OH is 1. The third kappa shape index (κ3) is 3.35. The number of halogens is 1. The van der Waals surface area contributed by atoms with Crippen molar-refractivity contribution in [2.45, 2.75) is 19.6 Å². The number of hydrogen-bond acceptors (Lipinski definition) is 4. The van der Waals surface area contributed by atoms with Crippen molar-refractivity contribution in [2.75, 3.05) is 0 Å². The van der Waals surface area contributed by atoms with Crippen LogP contribution in [0, 0.1) is 15.9 Å². The Hall–Kier alpha value is -2.47. The summed E-state index contributed by atoms with van der Waals surface area (Å²) in [5.41, 5.74) is 0.0767. The summed E-state index contributed by atoms with van der Waals surface area (Å²) in [6.45, 7) is 1.44. The molecule has 0 saturated carbocycles. The SMILES string of the molecule is C[C@H](O)c1ccccc1OCc1cccc([N+](=O)[O-])c1F. The molecule has 0 aliphatic rings. The van der Waals surface area contributed by atoms with Crippen LogP contribution >= 0.6 is 0 Å². The molecule has 0 saturated heterocycles. The second-order valence-electron chi connectivity index (χ2n) is 4.51. The van der Waals surface area contributed by atoms with E-state index in [1.807, 2.05) is 0 Å². The minimum atomic E-state index is -0.906. The summed E-state index contributed by atoms with van der Waals surface area (Å²) in [5.74, 6) is -0.490. The molecule has 0 aliphatic carbocycles. The molecule has 0 aliphatic heterocycles. The molecular weight excluding hydrogens is 277 g/mol. The van der Waals surface area contributed by atoms with Crippen LogP contribution in [-0.4, -0.2) is 10.0 Å². The van der Waals surface area contributed by atoms with Crippen LogP contribution in [0.4, 0.5) is 10.1 Å². The maximum Gasteiger partial charge on any atom is 0.305 e. The first kappa shape index (κ1) is 14.9. The van der Waals surface area contributed by atoms with Gasteiger partial charge in [0.15, 0.2) is 0 Å². The average molecular weight is 291 g/mol. The number of aliphatic hydroxyl groups is 1. The molecule has 0 radical (unpaired) electrons. The van der Waals surface area contributed by atoms with Crippen LogP contribution in [-0.2, 0) is 6.61 Å². The van der Waals surface area contributed by atoms with Gasteiger partial charge in [-0.05, 0) is 13.0 Å². The molecule has 0 amide bonds. The zero-order chi connectivity index (χ0) is 15.4. The summed E-state index contributed by atoms with van der Waals surface area (Å²) in [6, 6.07) is 10.8. The number of para-hydroxylation sites is 1. The van der Waals surface area contributed by atoms with E-state index in [-0.39, 0.29) is 12.2 Å². The number of nitro groups is 1. The van der Waals surface area contributed by atoms with Crippen LogP contribution in [0.5, 0.6) is 5.75 Å². The van der Waals surface area contributed by atoms with E-state index >= 15 is 0 Å². The number of nitrogens with zero attached hydrogens (tertiary/aromatic N) is 1. The molecular formula is C15H14FNO4. The van der Waals surface area contributed by atoms with Gasteiger partial charge >= 0.3 is 5.69 Å². The lowest BCUT2D eigenvalue weighted by molar-refractivity contribution is -0.387. The van der Waals surface area contributed by atoms with Crippen LogP contribution < -0.4 is 4.74 Å². The molecule has 1 N–H and O–H groups in total. The second kappa shape index (κ2) is 6.32. The molecule has 0 unspecified atom stereocenters. The number of benzene rings is 2. The van der Waals surface area contributed by atoms with E-state index in [0.29, 0.717) is 11.3 Å². The van der Waals surface area contributed by atoms with Crippen molar-refractivity contribution in [2.24, 2.45) is 0 Å². The number of ether oxygens (including phenoxy) is 1. The Balaban J connectivity index is 2.21. The van der Waals surface area contributed by atoms with E-state index in [2.05, 4.69) is 0 Å². The fourth-order valence-electron chi connectivity index (χ4n) is 1.93. The largest absolute Gasteiger partial charge is 0.488 e. The minimum absolute atomic E-state index is 0.0876. The first-order chi connectivity index (χ1) is 10.0. The number of nitro benzene ring substituents is 1. The van der Waals surface area contributed by atoms with Gasteiger partial charge < -0.3 is 9.84 Å². The summed E-state index contributed by atoms with van der Waals surface area (Å²) in [4.78, 5) is 9.91. The topological polar surface area (TPSA) is 72.6 Å². The van der Waals surface area contributed by atoms with E-state index in [4.69, 9.17) is 4.74 Å². The van der Waals surface area contributed by atoms with Crippen LogP contribution in [0.25, 0.3) is 0 Å². The minimum Gasteiger partial charge on any atom is -0.488 e. The van der Waals surface area contributed by atoms with Crippen molar-refractivity contribution in [3.8, 4) is 5.75 Å². The Labute approximate surface area is 120 Å². The molecule has 0 heterocycles. The summed E-state index contributed by atoms with van der Waals surface area (Å²) >= 11 is 0. The van der Waals surface area contributed by atoms with Crippen LogP contribution in [0.15, 0.2) is 42.5 Å². The van der Waals surface area contributed by atoms with Gasteiger partial charge in [0.1, 0.15) is 12.4 Å². The lowest BCUT2D eigenvalue weighted by Gasteiger charge is -2.13. The highest BCUT2D eigenvalue weighted by Crippen LogP contribution is 2.27. The van der Waals surface area contributed by atoms with Gasteiger partial charge in [-0.3, -0.25) is 10.1 Å². The Bertz CT molecular complexity index is 658. The van der Waals surface area contributed by atoms with E-state index in [1.165, 1.54) is 12.1 Å². The standard InChI is InChI=1S/C15H14FNO4/c1-10(18)12-6-2-3-8-14(12)21-9-11-5-4-7-13(15(11)16)17(19)20/h2-8,10,18H,9H2,1H3/t10-/m0/s1. The van der Waals surface area contributed by atoms with Gasteiger partial charge in [-0.2, -0.15) is 4.39 Å². The van der Waals surface area contributed by atoms with Crippen LogP contribution in [0.3, 0.4) is 0 Å². The van der Waals surface area contributed by atoms with E-state index in [1.54, 1.807) is 31.2 Å². The summed E-state index contributed by atoms with van der Waals surface area (Å²) < 4.78 is 19.4. The van der Waals surface area contributed by atoms with Gasteiger partial charge in [0.05, 0.1) is 11.0 Å². The summed E-state index contributed by atoms with van der Waals surface area (Å²) in [7, 11) is 0. The summed E-state index contributed by atoms with van der Waals surface area (Å²) in [6.07, 6.45) is -0.726. The Morgan fingerprint density at radius 2 is 2.00 bits per heavy atom. The van der Waals surface area contributed by atoms with Crippen molar-refractivity contribution < 1.29 is 19.2 Å². The van der Waals surface area contributed by atoms with Crippen LogP contribution in [0.1, 0.15) is 24.2 Å². The smallest absolute Gasteiger partial charge is 0.305 e. The molecule has 2 aromatic rings. The van der Waals surface area contributed by atoms with Crippen molar-refractivity contribution >= 4 is 5.69 Å². The van der Waals surface area contributed by atoms with Crippen molar-refractivity contribution in [1.29, 1.82) is 0 Å². The van der Waals surface area contributed by atoms with Gasteiger partial charge in [0.2, 0.25) is 5.82 Å². The molecule has 5 nitrogen and oxygen atoms in total. The van der Waals surface area contributed by atoms with E-state index in [9.17, 15) is 19.6 Å². The third-order valence-corrected chi connectivity index (χ3v) is 3.01. The predicted molar refractivity (Wildman–Crippen MR) is 74.5 cm³/mol. The molecule has 21 heavy (non-hydrogen) atoms. The normalized spacial score (nSPS) is 12.0. The van der Waals surface area contributed by atoms with Crippen molar-refractivity contribution in [3.05, 3.63) is 69.5 Å². The second-order valence-corrected chi connectivity index (χ2v) is 4.51. The van der Waals surface area contributed by atoms with Crippen LogP contribution in [0.2, 0.25) is 0 Å². The Morgan fingerprint density at radius 3 is 2.67 bits per heavy atom. The average Bonchev–Trinajstić information content (AvgIpc) is 2.46. The van der Waals surface area contributed by atoms with Gasteiger partial charge in [-0.15, -0.1) is 0 Å². The molecule has 2 aromatic carbocycles. The fraction of sp³-hybridized carbons (Fsp3) is 0.200. The maximum atomic E-state index is 13.9. The molecule has 0 bridgehead atoms. The maximum absolute atomic E-state index is 13.9. The Kier molecular flexibility index (Phi) is 4.49. The third-order valence-electron chi connectivity index (χ3n) is 3.01. The quantitative estimate of drug-likeness (QED) is 0.677. The Morgan fingerprint density at radius 1 is 1.29 bits per heavy atom. The van der Waals surface area contributed by atoms with Gasteiger partial charge in [0, 0.05) is 17.2 Å². The molecule has 6 heteroatoms. The molecule has 1 atom stereocenters. The van der Waals surface area contributed by atoms with E-state index in [0.717, 1.165) is 6.07 Å². The van der Waals surface area contributed by atoms with Gasteiger partial charge in [-0.1, -0.05) is 30.3 Å². The molecule has 0 aromatic heterocycles. The highest BCUT2D eigenvalue weighted by atomic mass is 19.1. The lowest BCUT2D eigenvalue weighted by Crippen LogP contribution is -2.04. The first-order valence-electron chi connectivity index (χ1n) is 6.32. The first-order valence-corrected chi connectivity index (χ1v) is 6.32. The van der Waals surface area contributed by atoms with Gasteiger partial charge in [-0.25, -0.2) is 0 Å². The predicted octanol–water partition coefficient (Wildman–Crippen LogP) is 3.37. The van der Waals surface area contributed by atoms with E-state index < -0.39 is 22.5 Å². The highest BCUT2D eigenvalue weighted by molar-refractivity contribution is 5.38. The van der Waals surface area contributed by atoms with Crippen molar-refractivity contribution in [3.63, 3.8) is 0 Å².